The van der Waals surface area contributed by atoms with Gasteiger partial charge in [0.05, 0.1) is 0 Å². The van der Waals surface area contributed by atoms with Crippen molar-refractivity contribution in [2.24, 2.45) is 23.7 Å². The number of fused-ring (bicyclic) bond motifs is 4. The zero-order valence-electron chi connectivity index (χ0n) is 6.05. The minimum Gasteiger partial charge on any atom is -0.299 e. The fourth-order valence-corrected chi connectivity index (χ4v) is 3.31. The molecule has 0 radical (unpaired) electrons. The van der Waals surface area contributed by atoms with Gasteiger partial charge < -0.3 is 0 Å². The van der Waals surface area contributed by atoms with Gasteiger partial charge in [-0.25, -0.2) is 0 Å². The van der Waals surface area contributed by atoms with Crippen molar-refractivity contribution in [3.8, 4) is 0 Å². The molecule has 1 heteroatoms. The van der Waals surface area contributed by atoms with Crippen LogP contribution < -0.4 is 0 Å². The predicted octanol–water partition coefficient (Wildman–Crippen LogP) is 1.62. The molecule has 0 N–H and O–H groups in total. The summed E-state index contributed by atoms with van der Waals surface area (Å²) in [5.41, 5.74) is 0. The average Bonchev–Trinajstić information content (AvgIpc) is 2.14. The van der Waals surface area contributed by atoms with E-state index in [2.05, 4.69) is 0 Å². The van der Waals surface area contributed by atoms with Crippen LogP contribution in [0.1, 0.15) is 25.7 Å². The number of carbonyl (C=O) groups is 1. The highest BCUT2D eigenvalue weighted by Crippen LogP contribution is 2.63. The van der Waals surface area contributed by atoms with Gasteiger partial charge in [-0.1, -0.05) is 0 Å². The van der Waals surface area contributed by atoms with Crippen molar-refractivity contribution in [2.75, 3.05) is 0 Å². The summed E-state index contributed by atoms with van der Waals surface area (Å²) in [6.45, 7) is 0. The molecule has 0 aromatic carbocycles. The van der Waals surface area contributed by atoms with Crippen LogP contribution in [0.3, 0.4) is 0 Å². The summed E-state index contributed by atoms with van der Waals surface area (Å²) in [6.07, 6.45) is 4.92. The molecule has 0 heterocycles. The van der Waals surface area contributed by atoms with Crippen molar-refractivity contribution in [1.82, 2.24) is 0 Å². The first-order valence-corrected chi connectivity index (χ1v) is 4.40. The zero-order valence-corrected chi connectivity index (χ0v) is 6.05. The van der Waals surface area contributed by atoms with Gasteiger partial charge in [-0.3, -0.25) is 4.79 Å². The molecule has 0 spiro atoms. The van der Waals surface area contributed by atoms with Crippen molar-refractivity contribution >= 4 is 5.78 Å². The Labute approximate surface area is 60.8 Å². The van der Waals surface area contributed by atoms with E-state index in [1.54, 1.807) is 0 Å². The lowest BCUT2D eigenvalue weighted by Crippen LogP contribution is -2.52. The van der Waals surface area contributed by atoms with Gasteiger partial charge in [0.25, 0.3) is 0 Å². The monoisotopic (exact) mass is 136 g/mol. The maximum Gasteiger partial charge on any atom is 0.136 e. The van der Waals surface area contributed by atoms with Crippen LogP contribution in [0.25, 0.3) is 0 Å². The highest BCUT2D eigenvalue weighted by molar-refractivity contribution is 5.85. The normalized spacial score (nSPS) is 56.6. The maximum atomic E-state index is 11.2. The smallest absolute Gasteiger partial charge is 0.136 e. The van der Waals surface area contributed by atoms with Crippen LogP contribution >= 0.6 is 0 Å². The predicted molar refractivity (Wildman–Crippen MR) is 37.4 cm³/mol. The quantitative estimate of drug-likeness (QED) is 0.494. The zero-order chi connectivity index (χ0) is 6.72. The minimum absolute atomic E-state index is 0.554. The molecule has 3 fully saturated rings. The lowest BCUT2D eigenvalue weighted by molar-refractivity contribution is -0.140. The summed E-state index contributed by atoms with van der Waals surface area (Å²) in [5.74, 6) is 3.85. The Morgan fingerprint density at radius 1 is 1.00 bits per heavy atom. The van der Waals surface area contributed by atoms with Gasteiger partial charge in [0, 0.05) is 12.3 Å². The highest BCUT2D eigenvalue weighted by atomic mass is 16.1. The molecule has 0 aromatic heterocycles. The third-order valence-electron chi connectivity index (χ3n) is 3.95. The first-order chi connectivity index (χ1) is 4.88. The number of carbonyl (C=O) groups excluding carboxylic acids is 1. The second-order valence-corrected chi connectivity index (χ2v) is 4.10. The van der Waals surface area contributed by atoms with E-state index in [0.29, 0.717) is 11.7 Å². The van der Waals surface area contributed by atoms with E-state index in [-0.39, 0.29) is 0 Å². The van der Waals surface area contributed by atoms with E-state index in [1.807, 2.05) is 0 Å². The molecule has 0 aliphatic heterocycles. The largest absolute Gasteiger partial charge is 0.299 e. The molecule has 4 atom stereocenters. The lowest BCUT2D eigenvalue weighted by Gasteiger charge is -2.56. The van der Waals surface area contributed by atoms with Gasteiger partial charge in [0.2, 0.25) is 0 Å². The van der Waals surface area contributed by atoms with Gasteiger partial charge in [-0.15, -0.1) is 0 Å². The molecule has 3 aliphatic carbocycles. The van der Waals surface area contributed by atoms with E-state index >= 15 is 0 Å². The minimum atomic E-state index is 0.554. The Kier molecular flexibility index (Phi) is 0.781. The fraction of sp³-hybridized carbons (Fsp3) is 0.889. The molecule has 3 aliphatic rings. The van der Waals surface area contributed by atoms with Gasteiger partial charge in [-0.05, 0) is 37.0 Å². The Bertz CT molecular complexity index is 197. The first-order valence-electron chi connectivity index (χ1n) is 4.40. The van der Waals surface area contributed by atoms with E-state index in [0.717, 1.165) is 24.2 Å². The molecule has 54 valence electrons. The third kappa shape index (κ3) is 0.388. The molecular formula is C9H12O. The van der Waals surface area contributed by atoms with Crippen LogP contribution in [0.15, 0.2) is 0 Å². The Balaban J connectivity index is 1.90. The van der Waals surface area contributed by atoms with Crippen molar-refractivity contribution in [3.63, 3.8) is 0 Å². The van der Waals surface area contributed by atoms with Crippen molar-refractivity contribution < 1.29 is 4.79 Å². The summed E-state index contributed by atoms with van der Waals surface area (Å²) in [6, 6.07) is 0. The topological polar surface area (TPSA) is 17.1 Å². The molecule has 0 saturated heterocycles. The molecule has 0 aromatic rings. The molecule has 3 saturated carbocycles. The Hall–Kier alpha value is -0.330. The lowest BCUT2D eigenvalue weighted by atomic mass is 9.48. The summed E-state index contributed by atoms with van der Waals surface area (Å²) >= 11 is 0. The van der Waals surface area contributed by atoms with Gasteiger partial charge in [0.15, 0.2) is 0 Å². The number of Topliss-reactive ketones (excluding diaryl/α,β-unsaturated/α-hetero) is 1. The van der Waals surface area contributed by atoms with Crippen LogP contribution in [-0.2, 0) is 4.79 Å². The van der Waals surface area contributed by atoms with Gasteiger partial charge in [-0.2, -0.15) is 0 Å². The molecule has 4 unspecified atom stereocenters. The van der Waals surface area contributed by atoms with Crippen LogP contribution in [0, 0.1) is 23.7 Å². The van der Waals surface area contributed by atoms with E-state index in [1.165, 1.54) is 19.3 Å². The fourth-order valence-electron chi connectivity index (χ4n) is 3.31. The molecule has 1 nitrogen and oxygen atoms in total. The molecule has 10 heavy (non-hydrogen) atoms. The van der Waals surface area contributed by atoms with Crippen molar-refractivity contribution in [1.29, 1.82) is 0 Å². The van der Waals surface area contributed by atoms with Gasteiger partial charge in [0.1, 0.15) is 5.78 Å². The Morgan fingerprint density at radius 3 is 2.30 bits per heavy atom. The summed E-state index contributed by atoms with van der Waals surface area (Å²) in [7, 11) is 0. The second kappa shape index (κ2) is 1.46. The average molecular weight is 136 g/mol. The van der Waals surface area contributed by atoms with Gasteiger partial charge >= 0.3 is 0 Å². The third-order valence-corrected chi connectivity index (χ3v) is 3.95. The summed E-state index contributed by atoms with van der Waals surface area (Å²) in [5, 5.41) is 0. The van der Waals surface area contributed by atoms with Crippen LogP contribution in [0.4, 0.5) is 0 Å². The summed E-state index contributed by atoms with van der Waals surface area (Å²) in [4.78, 5) is 11.2. The number of hydrogen-bond donors (Lipinski definition) is 0. The first kappa shape index (κ1) is 5.34. The van der Waals surface area contributed by atoms with E-state index in [4.69, 9.17) is 0 Å². The number of ketones is 1. The van der Waals surface area contributed by atoms with Crippen molar-refractivity contribution in [3.05, 3.63) is 0 Å². The number of hydrogen-bond acceptors (Lipinski definition) is 1. The second-order valence-electron chi connectivity index (χ2n) is 4.10. The standard InChI is InChI=1S/C9H12O/c10-8-4-3-7-5-1-2-6(5)9(7)8/h5-7,9H,1-4H2. The SMILES string of the molecule is O=C1CCC2C3CCC3C12. The Morgan fingerprint density at radius 2 is 1.70 bits per heavy atom. The van der Waals surface area contributed by atoms with Crippen molar-refractivity contribution in [2.45, 2.75) is 25.7 Å². The highest BCUT2D eigenvalue weighted by Gasteiger charge is 2.59. The van der Waals surface area contributed by atoms with E-state index in [9.17, 15) is 4.79 Å². The molecule has 3 rings (SSSR count). The van der Waals surface area contributed by atoms with Crippen LogP contribution in [-0.4, -0.2) is 5.78 Å². The summed E-state index contributed by atoms with van der Waals surface area (Å²) < 4.78 is 0. The van der Waals surface area contributed by atoms with E-state index < -0.39 is 0 Å². The number of rotatable bonds is 0. The van der Waals surface area contributed by atoms with Crippen LogP contribution in [0.5, 0.6) is 0 Å². The maximum absolute atomic E-state index is 11.2. The van der Waals surface area contributed by atoms with Crippen LogP contribution in [0.2, 0.25) is 0 Å². The molecular weight excluding hydrogens is 124 g/mol. The molecule has 0 bridgehead atoms. The molecule has 0 amide bonds.